The summed E-state index contributed by atoms with van der Waals surface area (Å²) in [5.74, 6) is 0.206. The molecule has 7 heteroatoms. The number of tetrazole rings is 1. The van der Waals surface area contributed by atoms with E-state index in [0.29, 0.717) is 22.5 Å². The van der Waals surface area contributed by atoms with Gasteiger partial charge in [0.25, 0.3) is 0 Å². The molecule has 0 unspecified atom stereocenters. The molecule has 1 heterocycles. The Hall–Kier alpha value is -1.34. The second kappa shape index (κ2) is 5.33. The molecule has 0 aliphatic rings. The fraction of sp³-hybridized carbons (Fsp3) is 0.300. The Labute approximate surface area is 106 Å². The Kier molecular flexibility index (Phi) is 3.80. The summed E-state index contributed by atoms with van der Waals surface area (Å²) in [6.45, 7) is 3.28. The normalized spacial score (nSPS) is 10.8. The van der Waals surface area contributed by atoms with Crippen LogP contribution in [0.15, 0.2) is 22.7 Å². The number of hydrogen-bond acceptors (Lipinski definition) is 4. The summed E-state index contributed by atoms with van der Waals surface area (Å²) in [5.41, 5.74) is 0.339. The van der Waals surface area contributed by atoms with Gasteiger partial charge in [-0.25, -0.2) is 4.39 Å². The molecule has 0 bridgehead atoms. The molecular weight excluding hydrogens is 289 g/mol. The first-order valence-electron chi connectivity index (χ1n) is 5.15. The van der Waals surface area contributed by atoms with Crippen molar-refractivity contribution < 1.29 is 4.39 Å². The first-order chi connectivity index (χ1) is 8.22. The minimum Gasteiger partial charge on any atom is -0.310 e. The summed E-state index contributed by atoms with van der Waals surface area (Å²) in [4.78, 5) is 0. The molecule has 0 saturated heterocycles. The van der Waals surface area contributed by atoms with E-state index in [0.717, 1.165) is 6.54 Å². The van der Waals surface area contributed by atoms with Crippen LogP contribution in [0.25, 0.3) is 5.69 Å². The largest absolute Gasteiger partial charge is 0.310 e. The highest BCUT2D eigenvalue weighted by atomic mass is 79.9. The molecule has 0 amide bonds. The highest BCUT2D eigenvalue weighted by molar-refractivity contribution is 9.10. The van der Waals surface area contributed by atoms with Gasteiger partial charge in [-0.2, -0.15) is 4.68 Å². The molecule has 0 spiro atoms. The molecule has 0 aliphatic carbocycles. The van der Waals surface area contributed by atoms with Crippen LogP contribution in [-0.2, 0) is 6.54 Å². The summed E-state index contributed by atoms with van der Waals surface area (Å²) >= 11 is 3.21. The lowest BCUT2D eigenvalue weighted by molar-refractivity contribution is 0.594. The predicted octanol–water partition coefficient (Wildman–Crippen LogP) is 1.67. The molecule has 1 aromatic heterocycles. The maximum atomic E-state index is 13.7. The zero-order valence-electron chi connectivity index (χ0n) is 9.19. The molecule has 0 atom stereocenters. The van der Waals surface area contributed by atoms with Crippen LogP contribution in [0, 0.1) is 5.82 Å². The molecule has 5 nitrogen and oxygen atoms in total. The lowest BCUT2D eigenvalue weighted by atomic mass is 10.3. The number of nitrogens with zero attached hydrogens (tertiary/aromatic N) is 4. The fourth-order valence-corrected chi connectivity index (χ4v) is 1.73. The van der Waals surface area contributed by atoms with E-state index in [-0.39, 0.29) is 5.82 Å². The lowest BCUT2D eigenvalue weighted by Crippen LogP contribution is -2.16. The van der Waals surface area contributed by atoms with E-state index in [1.165, 1.54) is 10.7 Å². The van der Waals surface area contributed by atoms with Crippen molar-refractivity contribution in [2.45, 2.75) is 13.5 Å². The van der Waals surface area contributed by atoms with Gasteiger partial charge in [0.1, 0.15) is 11.5 Å². The summed E-state index contributed by atoms with van der Waals surface area (Å²) in [7, 11) is 0. The number of nitrogens with one attached hydrogen (secondary N) is 1. The Morgan fingerprint density at radius 2 is 2.29 bits per heavy atom. The van der Waals surface area contributed by atoms with E-state index in [1.54, 1.807) is 12.1 Å². The number of hydrogen-bond donors (Lipinski definition) is 1. The second-order valence-electron chi connectivity index (χ2n) is 3.38. The first kappa shape index (κ1) is 12.1. The van der Waals surface area contributed by atoms with Crippen molar-refractivity contribution in [3.8, 4) is 5.69 Å². The Bertz CT molecular complexity index is 513. The van der Waals surface area contributed by atoms with Gasteiger partial charge in [-0.3, -0.25) is 0 Å². The second-order valence-corrected chi connectivity index (χ2v) is 4.30. The molecule has 2 aromatic rings. The lowest BCUT2D eigenvalue weighted by Gasteiger charge is -2.06. The van der Waals surface area contributed by atoms with E-state index in [9.17, 15) is 4.39 Å². The molecule has 0 saturated carbocycles. The Balaban J connectivity index is 2.35. The van der Waals surface area contributed by atoms with Crippen LogP contribution in [0.4, 0.5) is 4.39 Å². The van der Waals surface area contributed by atoms with Crippen LogP contribution in [0.1, 0.15) is 12.7 Å². The molecule has 0 fully saturated rings. The molecular formula is C10H11BrFN5. The monoisotopic (exact) mass is 299 g/mol. The molecule has 17 heavy (non-hydrogen) atoms. The van der Waals surface area contributed by atoms with Gasteiger partial charge in [-0.05, 0) is 35.2 Å². The standard InChI is InChI=1S/C10H11BrFN5/c1-2-13-6-10-14-15-16-17(10)9-4-3-7(11)5-8(9)12/h3-5,13H,2,6H2,1H3. The van der Waals surface area contributed by atoms with E-state index in [1.807, 2.05) is 6.92 Å². The number of benzene rings is 1. The summed E-state index contributed by atoms with van der Waals surface area (Å²) in [6, 6.07) is 4.76. The third-order valence-corrected chi connectivity index (χ3v) is 2.70. The molecule has 1 N–H and O–H groups in total. The van der Waals surface area contributed by atoms with Crippen LogP contribution in [0.2, 0.25) is 0 Å². The fourth-order valence-electron chi connectivity index (χ4n) is 1.39. The van der Waals surface area contributed by atoms with Gasteiger partial charge in [-0.15, -0.1) is 5.10 Å². The molecule has 0 radical (unpaired) electrons. The van der Waals surface area contributed by atoms with Crippen molar-refractivity contribution in [2.75, 3.05) is 6.54 Å². The summed E-state index contributed by atoms with van der Waals surface area (Å²) in [6.07, 6.45) is 0. The molecule has 0 aliphatic heterocycles. The summed E-state index contributed by atoms with van der Waals surface area (Å²) in [5, 5.41) is 14.3. The topological polar surface area (TPSA) is 55.6 Å². The van der Waals surface area contributed by atoms with Crippen LogP contribution in [-0.4, -0.2) is 26.8 Å². The minimum absolute atomic E-state index is 0.339. The van der Waals surface area contributed by atoms with Crippen molar-refractivity contribution in [1.29, 1.82) is 0 Å². The third-order valence-electron chi connectivity index (χ3n) is 2.21. The van der Waals surface area contributed by atoms with Gasteiger partial charge < -0.3 is 5.32 Å². The van der Waals surface area contributed by atoms with Crippen molar-refractivity contribution in [3.05, 3.63) is 34.3 Å². The van der Waals surface area contributed by atoms with Gasteiger partial charge in [-0.1, -0.05) is 22.9 Å². The van der Waals surface area contributed by atoms with Crippen LogP contribution >= 0.6 is 15.9 Å². The zero-order chi connectivity index (χ0) is 12.3. The number of rotatable bonds is 4. The first-order valence-corrected chi connectivity index (χ1v) is 5.95. The Morgan fingerprint density at radius 3 is 3.00 bits per heavy atom. The van der Waals surface area contributed by atoms with E-state index in [4.69, 9.17) is 0 Å². The van der Waals surface area contributed by atoms with Gasteiger partial charge in [0.05, 0.1) is 6.54 Å². The number of aromatic nitrogens is 4. The van der Waals surface area contributed by atoms with E-state index < -0.39 is 0 Å². The third kappa shape index (κ3) is 2.67. The molecule has 1 aromatic carbocycles. The van der Waals surface area contributed by atoms with Gasteiger partial charge in [0, 0.05) is 4.47 Å². The van der Waals surface area contributed by atoms with Gasteiger partial charge in [0.2, 0.25) is 0 Å². The van der Waals surface area contributed by atoms with Crippen LogP contribution in [0.5, 0.6) is 0 Å². The quantitative estimate of drug-likeness (QED) is 0.933. The van der Waals surface area contributed by atoms with E-state index in [2.05, 4.69) is 36.8 Å². The maximum absolute atomic E-state index is 13.7. The molecule has 2 rings (SSSR count). The highest BCUT2D eigenvalue weighted by Crippen LogP contribution is 2.18. The highest BCUT2D eigenvalue weighted by Gasteiger charge is 2.11. The van der Waals surface area contributed by atoms with Crippen LogP contribution < -0.4 is 5.32 Å². The maximum Gasteiger partial charge on any atom is 0.170 e. The SMILES string of the molecule is CCNCc1nnnn1-c1ccc(Br)cc1F. The van der Waals surface area contributed by atoms with Crippen molar-refractivity contribution in [1.82, 2.24) is 25.5 Å². The average Bonchev–Trinajstić information content (AvgIpc) is 2.74. The minimum atomic E-state index is -0.371. The van der Waals surface area contributed by atoms with E-state index >= 15 is 0 Å². The number of halogens is 2. The van der Waals surface area contributed by atoms with Crippen LogP contribution in [0.3, 0.4) is 0 Å². The predicted molar refractivity (Wildman–Crippen MR) is 64.2 cm³/mol. The Morgan fingerprint density at radius 1 is 1.47 bits per heavy atom. The smallest absolute Gasteiger partial charge is 0.170 e. The van der Waals surface area contributed by atoms with Crippen molar-refractivity contribution in [3.63, 3.8) is 0 Å². The van der Waals surface area contributed by atoms with Gasteiger partial charge >= 0.3 is 0 Å². The molecule has 90 valence electrons. The zero-order valence-corrected chi connectivity index (χ0v) is 10.8. The van der Waals surface area contributed by atoms with Crippen molar-refractivity contribution >= 4 is 15.9 Å². The van der Waals surface area contributed by atoms with Crippen molar-refractivity contribution in [2.24, 2.45) is 0 Å². The summed E-state index contributed by atoms with van der Waals surface area (Å²) < 4.78 is 15.8. The van der Waals surface area contributed by atoms with Gasteiger partial charge in [0.15, 0.2) is 5.82 Å². The average molecular weight is 300 g/mol.